The Labute approximate surface area is 80.4 Å². The lowest BCUT2D eigenvalue weighted by Gasteiger charge is -2.21. The molecule has 0 saturated carbocycles. The maximum absolute atomic E-state index is 5.58. The van der Waals surface area contributed by atoms with Crippen molar-refractivity contribution in [2.45, 2.75) is 13.3 Å². The molecule has 0 amide bonds. The Morgan fingerprint density at radius 1 is 1.31 bits per heavy atom. The van der Waals surface area contributed by atoms with Gasteiger partial charge in [-0.25, -0.2) is 0 Å². The molecular formula is C8H21N5. The van der Waals surface area contributed by atoms with E-state index >= 15 is 0 Å². The maximum Gasteiger partial charge on any atom is 0.213 e. The molecule has 0 aliphatic carbocycles. The van der Waals surface area contributed by atoms with Crippen LogP contribution in [-0.4, -0.2) is 49.5 Å². The average Bonchev–Trinajstić information content (AvgIpc) is 2.11. The summed E-state index contributed by atoms with van der Waals surface area (Å²) in [6, 6.07) is 0. The van der Waals surface area contributed by atoms with Gasteiger partial charge in [0.2, 0.25) is 5.96 Å². The molecule has 5 heteroatoms. The monoisotopic (exact) mass is 187 g/mol. The highest BCUT2D eigenvalue weighted by atomic mass is 15.3. The molecule has 0 radical (unpaired) electrons. The first-order chi connectivity index (χ1) is 6.11. The first-order valence-corrected chi connectivity index (χ1v) is 4.54. The van der Waals surface area contributed by atoms with Crippen molar-refractivity contribution in [3.05, 3.63) is 0 Å². The van der Waals surface area contributed by atoms with Crippen molar-refractivity contribution in [3.63, 3.8) is 0 Å². The minimum absolute atomic E-state index is 0.418. The summed E-state index contributed by atoms with van der Waals surface area (Å²) < 4.78 is 0. The highest BCUT2D eigenvalue weighted by molar-refractivity contribution is 5.77. The number of guanidine groups is 1. The van der Waals surface area contributed by atoms with Gasteiger partial charge in [0.05, 0.1) is 0 Å². The molecule has 78 valence electrons. The number of nitrogens with two attached hydrogens (primary N) is 2. The first-order valence-electron chi connectivity index (χ1n) is 4.54. The Hall–Kier alpha value is -0.970. The van der Waals surface area contributed by atoms with Crippen LogP contribution < -0.4 is 11.6 Å². The third-order valence-corrected chi connectivity index (χ3v) is 1.87. The molecule has 0 heterocycles. The van der Waals surface area contributed by atoms with Crippen molar-refractivity contribution in [3.8, 4) is 0 Å². The predicted molar refractivity (Wildman–Crippen MR) is 56.2 cm³/mol. The molecule has 0 fully saturated rings. The van der Waals surface area contributed by atoms with Crippen LogP contribution in [0.4, 0.5) is 0 Å². The van der Waals surface area contributed by atoms with Gasteiger partial charge in [-0.2, -0.15) is 0 Å². The molecule has 0 aliphatic heterocycles. The van der Waals surface area contributed by atoms with Gasteiger partial charge in [0.1, 0.15) is 0 Å². The summed E-state index contributed by atoms with van der Waals surface area (Å²) in [7, 11) is 4.10. The second-order valence-electron chi connectivity index (χ2n) is 3.22. The molecule has 0 aromatic carbocycles. The van der Waals surface area contributed by atoms with Crippen LogP contribution >= 0.6 is 0 Å². The quantitative estimate of drug-likeness (QED) is 0.262. The summed E-state index contributed by atoms with van der Waals surface area (Å²) in [5.41, 5.74) is 5.58. The summed E-state index contributed by atoms with van der Waals surface area (Å²) in [5.74, 6) is 5.51. The molecule has 0 aliphatic rings. The lowest BCUT2D eigenvalue weighted by molar-refractivity contribution is 0.352. The van der Waals surface area contributed by atoms with Gasteiger partial charge in [-0.3, -0.25) is 0 Å². The average molecular weight is 187 g/mol. The van der Waals surface area contributed by atoms with Crippen LogP contribution in [-0.2, 0) is 0 Å². The molecular weight excluding hydrogens is 166 g/mol. The molecule has 0 aromatic rings. The molecule has 0 atom stereocenters. The van der Waals surface area contributed by atoms with E-state index in [0.29, 0.717) is 5.96 Å². The highest BCUT2D eigenvalue weighted by Gasteiger charge is 2.04. The second-order valence-corrected chi connectivity index (χ2v) is 3.22. The molecule has 13 heavy (non-hydrogen) atoms. The van der Waals surface area contributed by atoms with E-state index < -0.39 is 0 Å². The number of nitrogens with zero attached hydrogens (tertiary/aromatic N) is 3. The molecule has 0 saturated heterocycles. The fourth-order valence-corrected chi connectivity index (χ4v) is 1.09. The molecule has 0 unspecified atom stereocenters. The molecule has 0 aromatic heterocycles. The van der Waals surface area contributed by atoms with E-state index in [0.717, 1.165) is 26.1 Å². The molecule has 0 spiro atoms. The van der Waals surface area contributed by atoms with E-state index in [2.05, 4.69) is 24.1 Å². The van der Waals surface area contributed by atoms with Crippen LogP contribution in [0.25, 0.3) is 0 Å². The lowest BCUT2D eigenvalue weighted by atomic mass is 10.3. The number of hydrogen-bond acceptors (Lipinski definition) is 3. The van der Waals surface area contributed by atoms with Crippen LogP contribution in [0.1, 0.15) is 13.3 Å². The Morgan fingerprint density at radius 3 is 2.31 bits per heavy atom. The van der Waals surface area contributed by atoms with Gasteiger partial charge in [-0.1, -0.05) is 0 Å². The summed E-state index contributed by atoms with van der Waals surface area (Å²) in [6.07, 6.45) is 1.07. The normalized spacial score (nSPS) is 12.2. The maximum atomic E-state index is 5.58. The van der Waals surface area contributed by atoms with Crippen LogP contribution in [0.2, 0.25) is 0 Å². The topological polar surface area (TPSA) is 70.9 Å². The fraction of sp³-hybridized carbons (Fsp3) is 0.875. The fourth-order valence-electron chi connectivity index (χ4n) is 1.09. The van der Waals surface area contributed by atoms with Crippen LogP contribution in [0.15, 0.2) is 5.10 Å². The minimum Gasteiger partial charge on any atom is -0.368 e. The van der Waals surface area contributed by atoms with E-state index in [1.54, 1.807) is 0 Å². The highest BCUT2D eigenvalue weighted by Crippen LogP contribution is 1.91. The van der Waals surface area contributed by atoms with Gasteiger partial charge in [0.15, 0.2) is 0 Å². The van der Waals surface area contributed by atoms with E-state index in [1.165, 1.54) is 0 Å². The minimum atomic E-state index is 0.418. The van der Waals surface area contributed by atoms with Crippen molar-refractivity contribution in [2.24, 2.45) is 16.7 Å². The van der Waals surface area contributed by atoms with Gasteiger partial charge < -0.3 is 21.4 Å². The van der Waals surface area contributed by atoms with E-state index in [1.807, 2.05) is 11.8 Å². The zero-order chi connectivity index (χ0) is 10.3. The van der Waals surface area contributed by atoms with E-state index in [-0.39, 0.29) is 0 Å². The Morgan fingerprint density at radius 2 is 1.92 bits per heavy atom. The number of rotatable bonds is 5. The van der Waals surface area contributed by atoms with Crippen molar-refractivity contribution >= 4 is 5.96 Å². The van der Waals surface area contributed by atoms with Gasteiger partial charge in [-0.15, -0.1) is 5.10 Å². The van der Waals surface area contributed by atoms with Crippen molar-refractivity contribution in [2.75, 3.05) is 33.7 Å². The Balaban J connectivity index is 3.73. The van der Waals surface area contributed by atoms with Crippen LogP contribution in [0, 0.1) is 0 Å². The summed E-state index contributed by atoms with van der Waals surface area (Å²) >= 11 is 0. The van der Waals surface area contributed by atoms with Crippen LogP contribution in [0.3, 0.4) is 0 Å². The van der Waals surface area contributed by atoms with Gasteiger partial charge in [0.25, 0.3) is 0 Å². The zero-order valence-electron chi connectivity index (χ0n) is 8.82. The zero-order valence-corrected chi connectivity index (χ0v) is 8.82. The summed E-state index contributed by atoms with van der Waals surface area (Å²) in [5, 5.41) is 3.46. The molecule has 0 rings (SSSR count). The molecule has 0 bridgehead atoms. The number of hydrazone groups is 1. The van der Waals surface area contributed by atoms with Crippen molar-refractivity contribution in [1.82, 2.24) is 9.80 Å². The number of hydrogen-bond donors (Lipinski definition) is 2. The third-order valence-electron chi connectivity index (χ3n) is 1.87. The molecule has 5 nitrogen and oxygen atoms in total. The Bertz CT molecular complexity index is 155. The van der Waals surface area contributed by atoms with Crippen molar-refractivity contribution in [1.29, 1.82) is 0 Å². The lowest BCUT2D eigenvalue weighted by Crippen LogP contribution is -2.39. The van der Waals surface area contributed by atoms with Gasteiger partial charge in [0, 0.05) is 13.1 Å². The molecule has 4 N–H and O–H groups in total. The van der Waals surface area contributed by atoms with Gasteiger partial charge in [-0.05, 0) is 34.0 Å². The smallest absolute Gasteiger partial charge is 0.213 e. The standard InChI is InChI=1S/C8H21N5/c1-4-13(8(9)11-10)7-5-6-12(2)3/h4-7,10H2,1-3H3,(H2,9,11). The predicted octanol–water partition coefficient (Wildman–Crippen LogP) is -0.552. The summed E-state index contributed by atoms with van der Waals surface area (Å²) in [6.45, 7) is 4.84. The van der Waals surface area contributed by atoms with Gasteiger partial charge >= 0.3 is 0 Å². The third kappa shape index (κ3) is 5.30. The first kappa shape index (κ1) is 12.0. The van der Waals surface area contributed by atoms with Crippen molar-refractivity contribution < 1.29 is 0 Å². The van der Waals surface area contributed by atoms with E-state index in [9.17, 15) is 0 Å². The van der Waals surface area contributed by atoms with E-state index in [4.69, 9.17) is 11.6 Å². The largest absolute Gasteiger partial charge is 0.368 e. The van der Waals surface area contributed by atoms with Crippen LogP contribution in [0.5, 0.6) is 0 Å². The second kappa shape index (κ2) is 6.54. The summed E-state index contributed by atoms with van der Waals surface area (Å²) in [4.78, 5) is 4.10. The Kier molecular flexibility index (Phi) is 6.05. The SMILES string of the molecule is CCN(CCCN(C)C)C(N)=NN.